The van der Waals surface area contributed by atoms with Crippen LogP contribution >= 0.6 is 0 Å². The molecule has 2 aromatic carbocycles. The molecule has 0 saturated heterocycles. The van der Waals surface area contributed by atoms with Gasteiger partial charge in [-0.25, -0.2) is 9.97 Å². The van der Waals surface area contributed by atoms with Crippen LogP contribution in [0.4, 0.5) is 0 Å². The first-order chi connectivity index (χ1) is 12.3. The lowest BCUT2D eigenvalue weighted by atomic mass is 10.2. The Morgan fingerprint density at radius 2 is 1.52 bits per heavy atom. The highest BCUT2D eigenvalue weighted by Crippen LogP contribution is 2.29. The smallest absolute Gasteiger partial charge is 0.219 e. The van der Waals surface area contributed by atoms with Crippen LogP contribution in [0, 0.1) is 0 Å². The monoisotopic (exact) mass is 330 g/mol. The van der Waals surface area contributed by atoms with Crippen LogP contribution in [0.3, 0.4) is 0 Å². The van der Waals surface area contributed by atoms with Crippen molar-refractivity contribution in [2.45, 2.75) is 0 Å². The molecule has 0 aliphatic heterocycles. The van der Waals surface area contributed by atoms with Gasteiger partial charge in [-0.05, 0) is 30.3 Å². The summed E-state index contributed by atoms with van der Waals surface area (Å²) < 4.78 is 11.5. The van der Waals surface area contributed by atoms with Crippen molar-refractivity contribution in [3.8, 4) is 29.0 Å². The minimum absolute atomic E-state index is 0.121. The molecule has 5 nitrogen and oxygen atoms in total. The molecule has 2 heterocycles. The number of hydrogen-bond acceptors (Lipinski definition) is 5. The minimum Gasteiger partial charge on any atom is -0.506 e. The van der Waals surface area contributed by atoms with Crippen molar-refractivity contribution in [2.75, 3.05) is 0 Å². The van der Waals surface area contributed by atoms with Crippen LogP contribution in [0.5, 0.6) is 29.0 Å². The summed E-state index contributed by atoms with van der Waals surface area (Å²) in [5.41, 5.74) is 0.501. The second-order valence-corrected chi connectivity index (χ2v) is 5.35. The molecule has 25 heavy (non-hydrogen) atoms. The first kappa shape index (κ1) is 15.0. The molecular formula is C20H14N2O3. The molecule has 0 atom stereocenters. The van der Waals surface area contributed by atoms with Crippen molar-refractivity contribution in [1.29, 1.82) is 0 Å². The third kappa shape index (κ3) is 3.35. The summed E-state index contributed by atoms with van der Waals surface area (Å²) in [5, 5.41) is 10.8. The van der Waals surface area contributed by atoms with E-state index in [1.54, 1.807) is 36.5 Å². The molecule has 0 spiro atoms. The summed E-state index contributed by atoms with van der Waals surface area (Å²) in [6.45, 7) is 0. The van der Waals surface area contributed by atoms with Crippen molar-refractivity contribution in [1.82, 2.24) is 9.97 Å². The van der Waals surface area contributed by atoms with Crippen LogP contribution in [0.25, 0.3) is 10.9 Å². The van der Waals surface area contributed by atoms with Gasteiger partial charge in [0.1, 0.15) is 22.8 Å². The van der Waals surface area contributed by atoms with Crippen molar-refractivity contribution >= 4 is 10.9 Å². The molecule has 5 heteroatoms. The van der Waals surface area contributed by atoms with Gasteiger partial charge >= 0.3 is 0 Å². The summed E-state index contributed by atoms with van der Waals surface area (Å²) in [6.07, 6.45) is 1.67. The third-order valence-electron chi connectivity index (χ3n) is 3.56. The van der Waals surface area contributed by atoms with Crippen molar-refractivity contribution in [2.24, 2.45) is 0 Å². The fourth-order valence-electron chi connectivity index (χ4n) is 2.42. The van der Waals surface area contributed by atoms with Crippen molar-refractivity contribution in [3.05, 3.63) is 79.0 Å². The van der Waals surface area contributed by atoms with Gasteiger partial charge in [0.2, 0.25) is 11.8 Å². The first-order valence-corrected chi connectivity index (χ1v) is 7.73. The number of benzene rings is 2. The Labute approximate surface area is 144 Å². The van der Waals surface area contributed by atoms with E-state index in [9.17, 15) is 5.11 Å². The second-order valence-electron chi connectivity index (χ2n) is 5.35. The van der Waals surface area contributed by atoms with E-state index in [0.29, 0.717) is 28.8 Å². The Bertz CT molecular complexity index is 1020. The number of nitrogens with zero attached hydrogens (tertiary/aromatic N) is 2. The van der Waals surface area contributed by atoms with Crippen molar-refractivity contribution in [3.63, 3.8) is 0 Å². The van der Waals surface area contributed by atoms with Crippen LogP contribution in [-0.4, -0.2) is 15.1 Å². The molecule has 0 aliphatic rings. The predicted molar refractivity (Wildman–Crippen MR) is 94.2 cm³/mol. The van der Waals surface area contributed by atoms with Crippen LogP contribution in [0.2, 0.25) is 0 Å². The number of para-hydroxylation sites is 1. The van der Waals surface area contributed by atoms with E-state index in [0.717, 1.165) is 5.39 Å². The normalized spacial score (nSPS) is 10.6. The maximum atomic E-state index is 9.92. The van der Waals surface area contributed by atoms with Gasteiger partial charge in [-0.3, -0.25) is 0 Å². The number of phenols is 1. The summed E-state index contributed by atoms with van der Waals surface area (Å²) in [5.74, 6) is 2.21. The fourth-order valence-corrected chi connectivity index (χ4v) is 2.42. The zero-order chi connectivity index (χ0) is 17.1. The Hall–Kier alpha value is -3.60. The number of rotatable bonds is 4. The predicted octanol–water partition coefficient (Wildman–Crippen LogP) is 4.92. The molecule has 1 N–H and O–H groups in total. The quantitative estimate of drug-likeness (QED) is 0.575. The lowest BCUT2D eigenvalue weighted by Gasteiger charge is -2.09. The molecule has 0 saturated carbocycles. The zero-order valence-electron chi connectivity index (χ0n) is 13.2. The molecular weight excluding hydrogens is 316 g/mol. The Morgan fingerprint density at radius 3 is 2.32 bits per heavy atom. The zero-order valence-corrected chi connectivity index (χ0v) is 13.2. The number of phenolic OH excluding ortho intramolecular Hbond substituents is 1. The van der Waals surface area contributed by atoms with E-state index in [4.69, 9.17) is 9.47 Å². The number of fused-ring (bicyclic) bond motifs is 1. The van der Waals surface area contributed by atoms with E-state index in [2.05, 4.69) is 9.97 Å². The lowest BCUT2D eigenvalue weighted by Crippen LogP contribution is -1.90. The summed E-state index contributed by atoms with van der Waals surface area (Å²) in [7, 11) is 0. The maximum absolute atomic E-state index is 9.92. The maximum Gasteiger partial charge on any atom is 0.219 e. The van der Waals surface area contributed by atoms with Gasteiger partial charge in [-0.15, -0.1) is 0 Å². The van der Waals surface area contributed by atoms with Crippen LogP contribution in [0.15, 0.2) is 79.0 Å². The molecule has 0 unspecified atom stereocenters. The van der Waals surface area contributed by atoms with Gasteiger partial charge in [0, 0.05) is 29.8 Å². The standard InChI is InChI=1S/C20H14N2O3/c23-17-8-3-5-14-10-11-19(22-20(14)17)25-16-7-4-6-15(13-16)24-18-9-1-2-12-21-18/h1-13,23H. The molecule has 0 amide bonds. The molecule has 4 rings (SSSR count). The largest absolute Gasteiger partial charge is 0.506 e. The minimum atomic E-state index is 0.121. The average molecular weight is 330 g/mol. The first-order valence-electron chi connectivity index (χ1n) is 7.73. The number of aromatic nitrogens is 2. The molecule has 0 radical (unpaired) electrons. The summed E-state index contributed by atoms with van der Waals surface area (Å²) in [6, 6.07) is 21.5. The lowest BCUT2D eigenvalue weighted by molar-refractivity contribution is 0.441. The van der Waals surface area contributed by atoms with Gasteiger partial charge in [-0.2, -0.15) is 0 Å². The van der Waals surface area contributed by atoms with Gasteiger partial charge < -0.3 is 14.6 Å². The Balaban J connectivity index is 1.58. The van der Waals surface area contributed by atoms with E-state index >= 15 is 0 Å². The third-order valence-corrected chi connectivity index (χ3v) is 3.56. The molecule has 0 bridgehead atoms. The second kappa shape index (κ2) is 6.49. The van der Waals surface area contributed by atoms with Crippen LogP contribution in [0.1, 0.15) is 0 Å². The SMILES string of the molecule is Oc1cccc2ccc(Oc3cccc(Oc4ccccn4)c3)nc12. The number of ether oxygens (including phenoxy) is 2. The number of aromatic hydroxyl groups is 1. The van der Waals surface area contributed by atoms with E-state index in [1.807, 2.05) is 42.5 Å². The van der Waals surface area contributed by atoms with Gasteiger partial charge in [0.15, 0.2) is 0 Å². The Kier molecular flexibility index (Phi) is 3.88. The molecule has 4 aromatic rings. The highest BCUT2D eigenvalue weighted by Gasteiger charge is 2.06. The molecule has 0 aliphatic carbocycles. The highest BCUT2D eigenvalue weighted by molar-refractivity contribution is 5.84. The molecule has 122 valence electrons. The van der Waals surface area contributed by atoms with Gasteiger partial charge in [0.25, 0.3) is 0 Å². The average Bonchev–Trinajstić information content (AvgIpc) is 2.64. The molecule has 2 aromatic heterocycles. The highest BCUT2D eigenvalue weighted by atomic mass is 16.5. The fraction of sp³-hybridized carbons (Fsp3) is 0. The summed E-state index contributed by atoms with van der Waals surface area (Å²) in [4.78, 5) is 8.49. The summed E-state index contributed by atoms with van der Waals surface area (Å²) >= 11 is 0. The van der Waals surface area contributed by atoms with Crippen LogP contribution < -0.4 is 9.47 Å². The van der Waals surface area contributed by atoms with Gasteiger partial charge in [-0.1, -0.05) is 24.3 Å². The topological polar surface area (TPSA) is 64.5 Å². The van der Waals surface area contributed by atoms with Crippen molar-refractivity contribution < 1.29 is 14.6 Å². The van der Waals surface area contributed by atoms with Crippen LogP contribution in [-0.2, 0) is 0 Å². The molecule has 0 fully saturated rings. The van der Waals surface area contributed by atoms with E-state index in [-0.39, 0.29) is 5.75 Å². The van der Waals surface area contributed by atoms with E-state index < -0.39 is 0 Å². The number of pyridine rings is 2. The number of hydrogen-bond donors (Lipinski definition) is 1. The van der Waals surface area contributed by atoms with Gasteiger partial charge in [0.05, 0.1) is 0 Å². The van der Waals surface area contributed by atoms with E-state index in [1.165, 1.54) is 0 Å². The Morgan fingerprint density at radius 1 is 0.720 bits per heavy atom.